The van der Waals surface area contributed by atoms with E-state index in [9.17, 15) is 14.4 Å². The van der Waals surface area contributed by atoms with Crippen LogP contribution in [0.15, 0.2) is 18.2 Å². The van der Waals surface area contributed by atoms with Crippen molar-refractivity contribution in [2.24, 2.45) is 0 Å². The van der Waals surface area contributed by atoms with E-state index in [0.29, 0.717) is 18.6 Å². The molecule has 2 aliphatic rings. The molecule has 1 aliphatic heterocycles. The third-order valence-corrected chi connectivity index (χ3v) is 5.76. The van der Waals surface area contributed by atoms with Crippen molar-refractivity contribution in [3.8, 4) is 5.75 Å². The van der Waals surface area contributed by atoms with Gasteiger partial charge in [-0.3, -0.25) is 14.5 Å². The van der Waals surface area contributed by atoms with Gasteiger partial charge in [0.2, 0.25) is 0 Å². The lowest BCUT2D eigenvalue weighted by molar-refractivity contribution is -0.136. The van der Waals surface area contributed by atoms with Crippen molar-refractivity contribution >= 4 is 17.9 Å². The highest BCUT2D eigenvalue weighted by molar-refractivity contribution is 6.07. The van der Waals surface area contributed by atoms with Gasteiger partial charge >= 0.3 is 12.0 Å². The molecule has 1 saturated carbocycles. The summed E-state index contributed by atoms with van der Waals surface area (Å²) < 4.78 is 5.47. The van der Waals surface area contributed by atoms with Crippen LogP contribution in [0.5, 0.6) is 5.75 Å². The zero-order chi connectivity index (χ0) is 20.5. The quantitative estimate of drug-likeness (QED) is 0.485. The maximum absolute atomic E-state index is 12.7. The van der Waals surface area contributed by atoms with Crippen LogP contribution < -0.4 is 10.1 Å². The molecule has 1 heterocycles. The number of ether oxygens (including phenoxy) is 1. The summed E-state index contributed by atoms with van der Waals surface area (Å²) in [5, 5.41) is 2.86. The van der Waals surface area contributed by atoms with Crippen molar-refractivity contribution in [3.63, 3.8) is 0 Å². The number of nitrogens with zero attached hydrogens (tertiary/aromatic N) is 1. The first-order valence-corrected chi connectivity index (χ1v) is 10.1. The number of hydrogen-bond donors (Lipinski definition) is 1. The van der Waals surface area contributed by atoms with Gasteiger partial charge in [0.05, 0.1) is 6.42 Å². The predicted octanol–water partition coefficient (Wildman–Crippen LogP) is 3.84. The number of benzene rings is 1. The molecule has 1 spiro atoms. The minimum Gasteiger partial charge on any atom is -0.426 e. The van der Waals surface area contributed by atoms with Crippen LogP contribution in [0.1, 0.15) is 70.4 Å². The van der Waals surface area contributed by atoms with Crippen LogP contribution in [0.4, 0.5) is 4.79 Å². The Morgan fingerprint density at radius 1 is 1.18 bits per heavy atom. The van der Waals surface area contributed by atoms with E-state index in [1.54, 1.807) is 6.07 Å². The van der Waals surface area contributed by atoms with E-state index >= 15 is 0 Å². The van der Waals surface area contributed by atoms with Gasteiger partial charge in [-0.25, -0.2) is 4.79 Å². The van der Waals surface area contributed by atoms with E-state index in [-0.39, 0.29) is 24.3 Å². The second-order valence-electron chi connectivity index (χ2n) is 8.98. The molecule has 3 rings (SSSR count). The summed E-state index contributed by atoms with van der Waals surface area (Å²) in [6.45, 7) is 8.34. The lowest BCUT2D eigenvalue weighted by Crippen LogP contribution is -2.48. The van der Waals surface area contributed by atoms with Crippen LogP contribution in [0.25, 0.3) is 0 Å². The summed E-state index contributed by atoms with van der Waals surface area (Å²) >= 11 is 0. The van der Waals surface area contributed by atoms with Gasteiger partial charge in [0.15, 0.2) is 0 Å². The molecule has 2 fully saturated rings. The minimum atomic E-state index is -0.751. The van der Waals surface area contributed by atoms with Crippen molar-refractivity contribution in [2.45, 2.75) is 77.2 Å². The summed E-state index contributed by atoms with van der Waals surface area (Å²) in [6, 6.07) is 5.39. The molecule has 152 valence electrons. The van der Waals surface area contributed by atoms with Crippen LogP contribution >= 0.6 is 0 Å². The van der Waals surface area contributed by atoms with Gasteiger partial charge in [-0.2, -0.15) is 0 Å². The number of imide groups is 1. The number of nitrogens with one attached hydrogen (secondary N) is 1. The van der Waals surface area contributed by atoms with Gasteiger partial charge in [0, 0.05) is 6.54 Å². The second-order valence-corrected chi connectivity index (χ2v) is 8.98. The number of aryl methyl sites for hydroxylation is 1. The molecule has 1 aliphatic carbocycles. The average molecular weight is 386 g/mol. The van der Waals surface area contributed by atoms with Crippen LogP contribution in [-0.4, -0.2) is 34.9 Å². The largest absolute Gasteiger partial charge is 0.426 e. The highest BCUT2D eigenvalue weighted by Gasteiger charge is 2.51. The molecule has 6 nitrogen and oxygen atoms in total. The Balaban J connectivity index is 1.59. The van der Waals surface area contributed by atoms with E-state index in [2.05, 4.69) is 26.1 Å². The van der Waals surface area contributed by atoms with Gasteiger partial charge in [0.1, 0.15) is 11.3 Å². The first-order valence-electron chi connectivity index (χ1n) is 10.1. The smallest absolute Gasteiger partial charge is 0.325 e. The standard InChI is InChI=1S/C22H30N2O4/c1-15-14-16(21(2,3)4)8-9-17(15)28-18(25)10-13-24-19(26)22(23-20(24)27)11-6-5-7-12-22/h8-9,14H,5-7,10-13H2,1-4H3,(H,23,27). The van der Waals surface area contributed by atoms with Crippen molar-refractivity contribution in [3.05, 3.63) is 29.3 Å². The second kappa shape index (κ2) is 7.57. The zero-order valence-corrected chi connectivity index (χ0v) is 17.3. The van der Waals surface area contributed by atoms with Gasteiger partial charge in [0.25, 0.3) is 5.91 Å². The fraction of sp³-hybridized carbons (Fsp3) is 0.591. The summed E-state index contributed by atoms with van der Waals surface area (Å²) in [5.41, 5.74) is 1.32. The molecular weight excluding hydrogens is 356 g/mol. The highest BCUT2D eigenvalue weighted by Crippen LogP contribution is 2.33. The topological polar surface area (TPSA) is 75.7 Å². The first kappa shape index (κ1) is 20.4. The number of rotatable bonds is 4. The highest BCUT2D eigenvalue weighted by atomic mass is 16.5. The molecule has 1 aromatic carbocycles. The third kappa shape index (κ3) is 4.05. The van der Waals surface area contributed by atoms with Crippen molar-refractivity contribution in [2.75, 3.05) is 6.54 Å². The van der Waals surface area contributed by atoms with Gasteiger partial charge < -0.3 is 10.1 Å². The number of carbonyl (C=O) groups excluding carboxylic acids is 3. The molecule has 0 unspecified atom stereocenters. The predicted molar refractivity (Wildman–Crippen MR) is 106 cm³/mol. The fourth-order valence-electron chi connectivity index (χ4n) is 3.98. The van der Waals surface area contributed by atoms with E-state index in [1.165, 1.54) is 10.5 Å². The number of amides is 3. The van der Waals surface area contributed by atoms with Crippen molar-refractivity contribution in [1.82, 2.24) is 10.2 Å². The Morgan fingerprint density at radius 2 is 1.86 bits per heavy atom. The normalized spacial score (nSPS) is 19.1. The lowest BCUT2D eigenvalue weighted by atomic mass is 9.82. The maximum atomic E-state index is 12.7. The SMILES string of the molecule is Cc1cc(C(C)(C)C)ccc1OC(=O)CCN1C(=O)NC2(CCCCC2)C1=O. The number of urea groups is 1. The summed E-state index contributed by atoms with van der Waals surface area (Å²) in [6.07, 6.45) is 4.30. The van der Waals surface area contributed by atoms with Crippen LogP contribution in [-0.2, 0) is 15.0 Å². The fourth-order valence-corrected chi connectivity index (χ4v) is 3.98. The van der Waals surface area contributed by atoms with E-state index < -0.39 is 17.5 Å². The monoisotopic (exact) mass is 386 g/mol. The molecular formula is C22H30N2O4. The molecule has 0 atom stereocenters. The Morgan fingerprint density at radius 3 is 2.46 bits per heavy atom. The van der Waals surface area contributed by atoms with E-state index in [4.69, 9.17) is 4.74 Å². The molecule has 3 amide bonds. The van der Waals surface area contributed by atoms with Crippen LogP contribution in [0, 0.1) is 6.92 Å². The molecule has 0 bridgehead atoms. The molecule has 1 saturated heterocycles. The zero-order valence-electron chi connectivity index (χ0n) is 17.3. The van der Waals surface area contributed by atoms with E-state index in [0.717, 1.165) is 24.8 Å². The molecule has 6 heteroatoms. The molecule has 1 aromatic rings. The van der Waals surface area contributed by atoms with Crippen molar-refractivity contribution in [1.29, 1.82) is 0 Å². The summed E-state index contributed by atoms with van der Waals surface area (Å²) in [7, 11) is 0. The van der Waals surface area contributed by atoms with Gasteiger partial charge in [-0.15, -0.1) is 0 Å². The molecule has 0 radical (unpaired) electrons. The molecule has 28 heavy (non-hydrogen) atoms. The molecule has 0 aromatic heterocycles. The average Bonchev–Trinajstić information content (AvgIpc) is 2.84. The maximum Gasteiger partial charge on any atom is 0.325 e. The lowest BCUT2D eigenvalue weighted by Gasteiger charge is -2.30. The van der Waals surface area contributed by atoms with E-state index in [1.807, 2.05) is 19.1 Å². The Labute approximate surface area is 166 Å². The van der Waals surface area contributed by atoms with Crippen LogP contribution in [0.2, 0.25) is 0 Å². The minimum absolute atomic E-state index is 0.0182. The third-order valence-electron chi connectivity index (χ3n) is 5.76. The van der Waals surface area contributed by atoms with Gasteiger partial charge in [-0.05, 0) is 42.4 Å². The molecule has 1 N–H and O–H groups in total. The van der Waals surface area contributed by atoms with Gasteiger partial charge in [-0.1, -0.05) is 52.2 Å². The number of hydrogen-bond acceptors (Lipinski definition) is 4. The Hall–Kier alpha value is -2.37. The number of esters is 1. The first-order chi connectivity index (χ1) is 13.1. The summed E-state index contributed by atoms with van der Waals surface area (Å²) in [4.78, 5) is 38.5. The van der Waals surface area contributed by atoms with Crippen molar-refractivity contribution < 1.29 is 19.1 Å². The Kier molecular flexibility index (Phi) is 5.50. The summed E-state index contributed by atoms with van der Waals surface area (Å²) in [5.74, 6) is -0.133. The Bertz CT molecular complexity index is 788. The number of carbonyl (C=O) groups is 3. The van der Waals surface area contributed by atoms with Crippen LogP contribution in [0.3, 0.4) is 0 Å².